The molecule has 1 aromatic carbocycles. The number of hydrogen-bond donors (Lipinski definition) is 1. The quantitative estimate of drug-likeness (QED) is 0.815. The first-order valence-electron chi connectivity index (χ1n) is 6.86. The molecule has 110 valence electrons. The molecule has 21 heavy (non-hydrogen) atoms. The minimum atomic E-state index is -0.949. The number of aromatic nitrogens is 1. The van der Waals surface area contributed by atoms with Crippen LogP contribution in [-0.4, -0.2) is 16.1 Å². The van der Waals surface area contributed by atoms with Gasteiger partial charge in [0.15, 0.2) is 0 Å². The van der Waals surface area contributed by atoms with E-state index in [1.807, 2.05) is 0 Å². The molecule has 2 aromatic rings. The molecule has 0 unspecified atom stereocenters. The molecule has 0 saturated carbocycles. The van der Waals surface area contributed by atoms with Crippen molar-refractivity contribution in [2.24, 2.45) is 0 Å². The van der Waals surface area contributed by atoms with Crippen molar-refractivity contribution >= 4 is 40.1 Å². The van der Waals surface area contributed by atoms with Gasteiger partial charge in [-0.25, -0.2) is 4.79 Å². The third-order valence-electron chi connectivity index (χ3n) is 4.19. The van der Waals surface area contributed by atoms with Crippen molar-refractivity contribution in [1.82, 2.24) is 4.98 Å². The molecule has 1 aromatic heterocycles. The summed E-state index contributed by atoms with van der Waals surface area (Å²) in [5.41, 5.74) is 2.35. The maximum Gasteiger partial charge on any atom is 0.336 e. The van der Waals surface area contributed by atoms with Gasteiger partial charge < -0.3 is 5.11 Å². The number of benzene rings is 1. The number of nitrogens with zero attached hydrogens (tertiary/aromatic N) is 1. The third kappa shape index (κ3) is 2.29. The van der Waals surface area contributed by atoms with Crippen LogP contribution in [0.3, 0.4) is 0 Å². The monoisotopic (exact) mass is 323 g/mol. The lowest BCUT2D eigenvalue weighted by atomic mass is 9.74. The number of aromatic carboxylic acids is 1. The highest BCUT2D eigenvalue weighted by Gasteiger charge is 2.33. The third-order valence-corrected chi connectivity index (χ3v) is 4.70. The molecule has 3 nitrogen and oxygen atoms in total. The fraction of sp³-hybridized carbons (Fsp3) is 0.375. The van der Waals surface area contributed by atoms with Gasteiger partial charge in [0.1, 0.15) is 0 Å². The Morgan fingerprint density at radius 1 is 1.33 bits per heavy atom. The van der Waals surface area contributed by atoms with E-state index in [0.29, 0.717) is 26.5 Å². The van der Waals surface area contributed by atoms with Gasteiger partial charge in [0.2, 0.25) is 0 Å². The first-order chi connectivity index (χ1) is 9.81. The molecular weight excluding hydrogens is 309 g/mol. The molecule has 0 amide bonds. The Labute approximate surface area is 132 Å². The minimum absolute atomic E-state index is 0.144. The van der Waals surface area contributed by atoms with Gasteiger partial charge >= 0.3 is 5.97 Å². The number of hydrogen-bond acceptors (Lipinski definition) is 2. The number of rotatable bonds is 1. The topological polar surface area (TPSA) is 50.2 Å². The summed E-state index contributed by atoms with van der Waals surface area (Å²) in [6.07, 6.45) is 2.68. The Bertz CT molecular complexity index is 769. The van der Waals surface area contributed by atoms with Crippen molar-refractivity contribution in [2.75, 3.05) is 0 Å². The van der Waals surface area contributed by atoms with E-state index in [-0.39, 0.29) is 5.41 Å². The standard InChI is InChI=1S/C16H15Cl2NO2/c1-16(2)5-3-4-9-12(15(20)21)10-6-8(17)7-11(18)13(10)19-14(9)16/h6-7H,3-5H2,1-2H3,(H,20,21). The Hall–Kier alpha value is -1.32. The highest BCUT2D eigenvalue weighted by Crippen LogP contribution is 2.41. The number of carbonyl (C=O) groups is 1. The van der Waals surface area contributed by atoms with Crippen molar-refractivity contribution in [1.29, 1.82) is 0 Å². The molecule has 0 spiro atoms. The zero-order valence-electron chi connectivity index (χ0n) is 11.8. The van der Waals surface area contributed by atoms with E-state index in [0.717, 1.165) is 30.5 Å². The predicted octanol–water partition coefficient (Wildman–Crippen LogP) is 4.85. The Kier molecular flexibility index (Phi) is 3.38. The summed E-state index contributed by atoms with van der Waals surface area (Å²) in [7, 11) is 0. The highest BCUT2D eigenvalue weighted by molar-refractivity contribution is 6.38. The molecule has 0 aliphatic heterocycles. The average molecular weight is 324 g/mol. The molecule has 1 heterocycles. The van der Waals surface area contributed by atoms with Gasteiger partial charge in [-0.3, -0.25) is 4.98 Å². The number of pyridine rings is 1. The van der Waals surface area contributed by atoms with E-state index < -0.39 is 5.97 Å². The molecule has 1 N–H and O–H groups in total. The second-order valence-corrected chi connectivity index (χ2v) is 6.98. The molecular formula is C16H15Cl2NO2. The fourth-order valence-corrected chi connectivity index (χ4v) is 3.74. The van der Waals surface area contributed by atoms with Crippen LogP contribution < -0.4 is 0 Å². The Morgan fingerprint density at radius 2 is 2.05 bits per heavy atom. The number of fused-ring (bicyclic) bond motifs is 2. The normalized spacial score (nSPS) is 16.8. The van der Waals surface area contributed by atoms with E-state index in [4.69, 9.17) is 28.2 Å². The minimum Gasteiger partial charge on any atom is -0.478 e. The van der Waals surface area contributed by atoms with Crippen molar-refractivity contribution in [3.05, 3.63) is 39.0 Å². The summed E-state index contributed by atoms with van der Waals surface area (Å²) >= 11 is 12.3. The van der Waals surface area contributed by atoms with Gasteiger partial charge in [-0.15, -0.1) is 0 Å². The maximum absolute atomic E-state index is 11.8. The smallest absolute Gasteiger partial charge is 0.336 e. The summed E-state index contributed by atoms with van der Waals surface area (Å²) in [6, 6.07) is 3.24. The van der Waals surface area contributed by atoms with Crippen molar-refractivity contribution in [3.8, 4) is 0 Å². The first kappa shape index (κ1) is 14.6. The molecule has 1 aliphatic carbocycles. The van der Waals surface area contributed by atoms with Crippen LogP contribution in [0.4, 0.5) is 0 Å². The second-order valence-electron chi connectivity index (χ2n) is 6.14. The molecule has 1 aliphatic rings. The van der Waals surface area contributed by atoms with E-state index in [2.05, 4.69) is 13.8 Å². The molecule has 0 radical (unpaired) electrons. The van der Waals surface area contributed by atoms with Crippen LogP contribution in [0.25, 0.3) is 10.9 Å². The van der Waals surface area contributed by atoms with Crippen LogP contribution in [0, 0.1) is 0 Å². The zero-order valence-corrected chi connectivity index (χ0v) is 13.3. The van der Waals surface area contributed by atoms with E-state index in [1.54, 1.807) is 12.1 Å². The highest BCUT2D eigenvalue weighted by atomic mass is 35.5. The van der Waals surface area contributed by atoms with Crippen LogP contribution in [0.1, 0.15) is 48.3 Å². The van der Waals surface area contributed by atoms with E-state index >= 15 is 0 Å². The Morgan fingerprint density at radius 3 is 2.71 bits per heavy atom. The number of carboxylic acid groups (broad SMARTS) is 1. The van der Waals surface area contributed by atoms with Crippen LogP contribution in [0.15, 0.2) is 12.1 Å². The van der Waals surface area contributed by atoms with Gasteiger partial charge in [-0.2, -0.15) is 0 Å². The van der Waals surface area contributed by atoms with Gasteiger partial charge in [0.05, 0.1) is 21.8 Å². The predicted molar refractivity (Wildman–Crippen MR) is 84.7 cm³/mol. The Balaban J connectivity index is 2.50. The lowest BCUT2D eigenvalue weighted by molar-refractivity contribution is 0.0697. The molecule has 3 rings (SSSR count). The summed E-state index contributed by atoms with van der Waals surface area (Å²) in [4.78, 5) is 16.5. The first-order valence-corrected chi connectivity index (χ1v) is 7.62. The van der Waals surface area contributed by atoms with E-state index in [1.165, 1.54) is 0 Å². The molecule has 0 fully saturated rings. The summed E-state index contributed by atoms with van der Waals surface area (Å²) in [5.74, 6) is -0.949. The number of carboxylic acids is 1. The van der Waals surface area contributed by atoms with Crippen molar-refractivity contribution in [2.45, 2.75) is 38.5 Å². The lowest BCUT2D eigenvalue weighted by Crippen LogP contribution is -2.27. The fourth-order valence-electron chi connectivity index (χ4n) is 3.20. The maximum atomic E-state index is 11.8. The number of halogens is 2. The second kappa shape index (κ2) is 4.85. The van der Waals surface area contributed by atoms with Gasteiger partial charge in [-0.1, -0.05) is 37.0 Å². The van der Waals surface area contributed by atoms with E-state index in [9.17, 15) is 9.90 Å². The van der Waals surface area contributed by atoms with Crippen LogP contribution in [-0.2, 0) is 11.8 Å². The largest absolute Gasteiger partial charge is 0.478 e. The molecule has 0 bridgehead atoms. The average Bonchev–Trinajstić information content (AvgIpc) is 2.35. The SMILES string of the molecule is CC1(C)CCCc2c1nc1c(Cl)cc(Cl)cc1c2C(=O)O. The summed E-state index contributed by atoms with van der Waals surface area (Å²) in [5, 5.41) is 11.0. The lowest BCUT2D eigenvalue weighted by Gasteiger charge is -2.32. The van der Waals surface area contributed by atoms with Crippen LogP contribution >= 0.6 is 23.2 Å². The van der Waals surface area contributed by atoms with Crippen LogP contribution in [0.2, 0.25) is 10.0 Å². The molecule has 0 saturated heterocycles. The zero-order chi connectivity index (χ0) is 15.4. The molecule has 5 heteroatoms. The van der Waals surface area contributed by atoms with Crippen molar-refractivity contribution in [3.63, 3.8) is 0 Å². The van der Waals surface area contributed by atoms with Gasteiger partial charge in [0, 0.05) is 15.8 Å². The van der Waals surface area contributed by atoms with Gasteiger partial charge in [-0.05, 0) is 37.0 Å². The summed E-state index contributed by atoms with van der Waals surface area (Å²) < 4.78 is 0. The van der Waals surface area contributed by atoms with Crippen LogP contribution in [0.5, 0.6) is 0 Å². The summed E-state index contributed by atoms with van der Waals surface area (Å²) in [6.45, 7) is 4.19. The van der Waals surface area contributed by atoms with Gasteiger partial charge in [0.25, 0.3) is 0 Å². The molecule has 0 atom stereocenters. The van der Waals surface area contributed by atoms with Crippen molar-refractivity contribution < 1.29 is 9.90 Å².